The van der Waals surface area contributed by atoms with Crippen LogP contribution in [0.2, 0.25) is 0 Å². The first-order valence-corrected chi connectivity index (χ1v) is 9.28. The molecule has 0 saturated carbocycles. The number of pyridine rings is 1. The van der Waals surface area contributed by atoms with Crippen molar-refractivity contribution in [3.05, 3.63) is 53.1 Å². The second-order valence-corrected chi connectivity index (χ2v) is 8.10. The number of nitrogens with zero attached hydrogens (tertiary/aromatic N) is 1. The third-order valence-corrected chi connectivity index (χ3v) is 5.51. The van der Waals surface area contributed by atoms with Crippen molar-refractivity contribution in [1.29, 1.82) is 0 Å². The minimum absolute atomic E-state index is 0.0391. The molecule has 11 heteroatoms. The van der Waals surface area contributed by atoms with E-state index < -0.39 is 43.1 Å². The monoisotopic (exact) mass is 425 g/mol. The van der Waals surface area contributed by atoms with Crippen LogP contribution >= 0.6 is 0 Å². The Morgan fingerprint density at radius 3 is 2.40 bits per heavy atom. The van der Waals surface area contributed by atoms with E-state index >= 15 is 0 Å². The van der Waals surface area contributed by atoms with Gasteiger partial charge >= 0.3 is 20.4 Å². The minimum Gasteiger partial charge on any atom is -0.423 e. The van der Waals surface area contributed by atoms with E-state index in [4.69, 9.17) is 9.31 Å². The molecule has 0 amide bonds. The summed E-state index contributed by atoms with van der Waals surface area (Å²) < 4.78 is 65.6. The standard InChI is InChI=1S/C19H21B2F4NO4/c1-11-8-13(9-15(26-11)19(23,24)25)21-29-17(2,3)18(4,30-21)10-12-6-5-7-14(22)16(12)20(27)28/h5-9,27-28H,10H2,1-4H3. The van der Waals surface area contributed by atoms with E-state index in [-0.39, 0.29) is 23.0 Å². The molecule has 1 saturated heterocycles. The zero-order valence-corrected chi connectivity index (χ0v) is 16.9. The Balaban J connectivity index is 1.96. The first kappa shape index (κ1) is 22.7. The third kappa shape index (κ3) is 4.25. The lowest BCUT2D eigenvalue weighted by Gasteiger charge is -2.37. The topological polar surface area (TPSA) is 71.8 Å². The van der Waals surface area contributed by atoms with E-state index in [1.165, 1.54) is 25.1 Å². The summed E-state index contributed by atoms with van der Waals surface area (Å²) in [4.78, 5) is 3.52. The Morgan fingerprint density at radius 2 is 1.80 bits per heavy atom. The SMILES string of the molecule is Cc1cc(B2OC(C)(C)C(C)(Cc3cccc(F)c3B(O)O)O2)cc(C(F)(F)F)n1. The van der Waals surface area contributed by atoms with Crippen molar-refractivity contribution in [2.45, 2.75) is 51.5 Å². The maximum absolute atomic E-state index is 14.1. The molecule has 1 aromatic carbocycles. The Morgan fingerprint density at radius 1 is 1.13 bits per heavy atom. The molecule has 2 heterocycles. The molecular formula is C19H21B2F4NO4. The van der Waals surface area contributed by atoms with Gasteiger partial charge in [-0.1, -0.05) is 12.1 Å². The van der Waals surface area contributed by atoms with Crippen molar-refractivity contribution in [2.75, 3.05) is 0 Å². The van der Waals surface area contributed by atoms with Gasteiger partial charge in [0.15, 0.2) is 0 Å². The molecule has 1 fully saturated rings. The maximum atomic E-state index is 14.1. The van der Waals surface area contributed by atoms with Gasteiger partial charge in [0.25, 0.3) is 0 Å². The summed E-state index contributed by atoms with van der Waals surface area (Å²) in [5.74, 6) is -0.779. The summed E-state index contributed by atoms with van der Waals surface area (Å²) in [6.07, 6.45) is -4.58. The molecule has 0 aliphatic carbocycles. The number of hydrogen-bond donors (Lipinski definition) is 2. The fraction of sp³-hybridized carbons (Fsp3) is 0.421. The molecule has 160 valence electrons. The van der Waals surface area contributed by atoms with Gasteiger partial charge in [0.05, 0.1) is 11.2 Å². The number of aryl methyl sites for hydroxylation is 1. The van der Waals surface area contributed by atoms with Gasteiger partial charge < -0.3 is 19.4 Å². The Labute approximate surface area is 172 Å². The van der Waals surface area contributed by atoms with E-state index in [2.05, 4.69) is 4.98 Å². The van der Waals surface area contributed by atoms with Gasteiger partial charge in [0, 0.05) is 17.6 Å². The number of aromatic nitrogens is 1. The number of benzene rings is 1. The van der Waals surface area contributed by atoms with Crippen molar-refractivity contribution < 1.29 is 36.9 Å². The van der Waals surface area contributed by atoms with Gasteiger partial charge in [0.2, 0.25) is 0 Å². The molecule has 2 aromatic rings. The molecule has 5 nitrogen and oxygen atoms in total. The molecule has 1 unspecified atom stereocenters. The average Bonchev–Trinajstić information content (AvgIpc) is 2.82. The normalized spacial score (nSPS) is 21.2. The predicted octanol–water partition coefficient (Wildman–Crippen LogP) is 1.75. The van der Waals surface area contributed by atoms with E-state index in [0.717, 1.165) is 12.1 Å². The first-order valence-electron chi connectivity index (χ1n) is 9.28. The Hall–Kier alpha value is -1.94. The van der Waals surface area contributed by atoms with E-state index in [1.807, 2.05) is 0 Å². The molecular weight excluding hydrogens is 404 g/mol. The Kier molecular flexibility index (Phi) is 5.79. The molecule has 0 spiro atoms. The highest BCUT2D eigenvalue weighted by molar-refractivity contribution is 6.62. The quantitative estimate of drug-likeness (QED) is 0.578. The molecule has 1 atom stereocenters. The van der Waals surface area contributed by atoms with Crippen LogP contribution in [0.1, 0.15) is 37.7 Å². The lowest BCUT2D eigenvalue weighted by Crippen LogP contribution is -2.48. The molecule has 0 bridgehead atoms. The van der Waals surface area contributed by atoms with E-state index in [0.29, 0.717) is 5.56 Å². The second kappa shape index (κ2) is 7.64. The zero-order valence-electron chi connectivity index (χ0n) is 16.9. The highest BCUT2D eigenvalue weighted by Crippen LogP contribution is 2.40. The maximum Gasteiger partial charge on any atom is 0.494 e. The summed E-state index contributed by atoms with van der Waals surface area (Å²) in [5, 5.41) is 19.1. The van der Waals surface area contributed by atoms with E-state index in [9.17, 15) is 27.6 Å². The van der Waals surface area contributed by atoms with Crippen LogP contribution < -0.4 is 10.9 Å². The van der Waals surface area contributed by atoms with Gasteiger partial charge in [-0.25, -0.2) is 9.37 Å². The van der Waals surface area contributed by atoms with Crippen LogP contribution in [0.5, 0.6) is 0 Å². The summed E-state index contributed by atoms with van der Waals surface area (Å²) in [5.41, 5.74) is -2.80. The van der Waals surface area contributed by atoms with Crippen LogP contribution in [0.15, 0.2) is 30.3 Å². The molecule has 1 aromatic heterocycles. The highest BCUT2D eigenvalue weighted by atomic mass is 19.4. The van der Waals surface area contributed by atoms with Crippen molar-refractivity contribution >= 4 is 25.2 Å². The van der Waals surface area contributed by atoms with Gasteiger partial charge in [0.1, 0.15) is 11.5 Å². The van der Waals surface area contributed by atoms with Gasteiger partial charge in [-0.15, -0.1) is 0 Å². The van der Waals surface area contributed by atoms with Crippen LogP contribution in [0.3, 0.4) is 0 Å². The molecule has 1 aliphatic rings. The first-order chi connectivity index (χ1) is 13.7. The number of rotatable bonds is 4. The largest absolute Gasteiger partial charge is 0.494 e. The molecule has 2 N–H and O–H groups in total. The van der Waals surface area contributed by atoms with Crippen LogP contribution in [0.25, 0.3) is 0 Å². The lowest BCUT2D eigenvalue weighted by molar-refractivity contribution is -0.141. The fourth-order valence-electron chi connectivity index (χ4n) is 3.55. The smallest absolute Gasteiger partial charge is 0.423 e. The predicted molar refractivity (Wildman–Crippen MR) is 104 cm³/mol. The zero-order chi connectivity index (χ0) is 22.5. The van der Waals surface area contributed by atoms with Crippen molar-refractivity contribution in [1.82, 2.24) is 4.98 Å². The number of alkyl halides is 3. The summed E-state index contributed by atoms with van der Waals surface area (Å²) in [6, 6.07) is 6.41. The second-order valence-electron chi connectivity index (χ2n) is 8.10. The molecule has 0 radical (unpaired) electrons. The van der Waals surface area contributed by atoms with Crippen molar-refractivity contribution in [2.24, 2.45) is 0 Å². The van der Waals surface area contributed by atoms with E-state index in [1.54, 1.807) is 20.8 Å². The van der Waals surface area contributed by atoms with Gasteiger partial charge in [-0.2, -0.15) is 13.2 Å². The van der Waals surface area contributed by atoms with Crippen LogP contribution in [-0.4, -0.2) is 40.5 Å². The van der Waals surface area contributed by atoms with Crippen LogP contribution in [-0.2, 0) is 21.9 Å². The fourth-order valence-corrected chi connectivity index (χ4v) is 3.55. The molecule has 3 rings (SSSR count). The highest BCUT2D eigenvalue weighted by Gasteiger charge is 2.55. The van der Waals surface area contributed by atoms with Crippen LogP contribution in [0, 0.1) is 12.7 Å². The van der Waals surface area contributed by atoms with Gasteiger partial charge in [-0.05, 0) is 56.9 Å². The third-order valence-electron chi connectivity index (χ3n) is 5.51. The lowest BCUT2D eigenvalue weighted by atomic mass is 9.72. The Bertz CT molecular complexity index is 955. The van der Waals surface area contributed by atoms with Gasteiger partial charge in [-0.3, -0.25) is 0 Å². The number of hydrogen-bond acceptors (Lipinski definition) is 5. The van der Waals surface area contributed by atoms with Crippen molar-refractivity contribution in [3.63, 3.8) is 0 Å². The summed E-state index contributed by atoms with van der Waals surface area (Å²) in [7, 11) is -3.13. The summed E-state index contributed by atoms with van der Waals surface area (Å²) in [6.45, 7) is 6.55. The minimum atomic E-state index is -4.62. The summed E-state index contributed by atoms with van der Waals surface area (Å²) >= 11 is 0. The molecule has 30 heavy (non-hydrogen) atoms. The van der Waals surface area contributed by atoms with Crippen LogP contribution in [0.4, 0.5) is 17.6 Å². The van der Waals surface area contributed by atoms with Crippen molar-refractivity contribution in [3.8, 4) is 0 Å². The number of halogens is 4. The average molecular weight is 425 g/mol. The molecule has 1 aliphatic heterocycles.